The Morgan fingerprint density at radius 1 is 1.42 bits per heavy atom. The van der Waals surface area contributed by atoms with E-state index in [-0.39, 0.29) is 5.91 Å². The van der Waals surface area contributed by atoms with Gasteiger partial charge < -0.3 is 19.7 Å². The number of hydrogen-bond acceptors (Lipinski definition) is 4. The number of likely N-dealkylation sites (tertiary alicyclic amines) is 1. The Hall–Kier alpha value is -1.33. The predicted octanol–water partition coefficient (Wildman–Crippen LogP) is 1.31. The molecule has 0 radical (unpaired) electrons. The summed E-state index contributed by atoms with van der Waals surface area (Å²) < 4.78 is 5.10. The largest absolute Gasteiger partial charge is 0.467 e. The van der Waals surface area contributed by atoms with E-state index in [4.69, 9.17) is 4.42 Å². The molecule has 2 heterocycles. The lowest BCUT2D eigenvalue weighted by molar-refractivity contribution is -0.132. The number of aliphatic hydroxyl groups excluding tert-OH is 1. The molecule has 1 aliphatic rings. The molecule has 0 aromatic carbocycles. The summed E-state index contributed by atoms with van der Waals surface area (Å²) in [4.78, 5) is 13.8. The van der Waals surface area contributed by atoms with Gasteiger partial charge >= 0.3 is 0 Å². The zero-order valence-electron chi connectivity index (χ0n) is 11.2. The smallest absolute Gasteiger partial charge is 0.223 e. The molecule has 1 amide bonds. The highest BCUT2D eigenvalue weighted by molar-refractivity contribution is 5.76. The van der Waals surface area contributed by atoms with Crippen molar-refractivity contribution in [2.75, 3.05) is 26.2 Å². The molecule has 1 unspecified atom stereocenters. The van der Waals surface area contributed by atoms with Crippen LogP contribution in [0.1, 0.15) is 37.5 Å². The highest BCUT2D eigenvalue weighted by Crippen LogP contribution is 2.12. The molecule has 1 aromatic rings. The number of hydrogen-bond donors (Lipinski definition) is 2. The van der Waals surface area contributed by atoms with E-state index < -0.39 is 6.10 Å². The molecule has 5 heteroatoms. The van der Waals surface area contributed by atoms with Crippen LogP contribution >= 0.6 is 0 Å². The quantitative estimate of drug-likeness (QED) is 0.762. The van der Waals surface area contributed by atoms with Gasteiger partial charge in [-0.05, 0) is 31.4 Å². The zero-order chi connectivity index (χ0) is 13.5. The van der Waals surface area contributed by atoms with Gasteiger partial charge in [-0.15, -0.1) is 0 Å². The van der Waals surface area contributed by atoms with Crippen molar-refractivity contribution in [3.63, 3.8) is 0 Å². The Morgan fingerprint density at radius 2 is 2.21 bits per heavy atom. The number of carbonyl (C=O) groups excluding carboxylic acids is 1. The summed E-state index contributed by atoms with van der Waals surface area (Å²) >= 11 is 0. The Kier molecular flexibility index (Phi) is 5.42. The molecule has 2 rings (SSSR count). The first-order chi connectivity index (χ1) is 9.27. The Bertz CT molecular complexity index is 372. The van der Waals surface area contributed by atoms with Crippen molar-refractivity contribution < 1.29 is 14.3 Å². The molecule has 0 saturated carbocycles. The summed E-state index contributed by atoms with van der Waals surface area (Å²) in [6.45, 7) is 2.79. The van der Waals surface area contributed by atoms with Gasteiger partial charge in [0.15, 0.2) is 0 Å². The number of nitrogens with zero attached hydrogens (tertiary/aromatic N) is 1. The second-order valence-electron chi connectivity index (χ2n) is 4.93. The van der Waals surface area contributed by atoms with Gasteiger partial charge in [0.1, 0.15) is 11.9 Å². The Labute approximate surface area is 113 Å². The van der Waals surface area contributed by atoms with Gasteiger partial charge in [0.25, 0.3) is 0 Å². The van der Waals surface area contributed by atoms with E-state index in [0.717, 1.165) is 25.9 Å². The fourth-order valence-corrected chi connectivity index (χ4v) is 2.32. The van der Waals surface area contributed by atoms with Crippen LogP contribution in [0.4, 0.5) is 0 Å². The van der Waals surface area contributed by atoms with Crippen molar-refractivity contribution in [3.8, 4) is 0 Å². The average molecular weight is 266 g/mol. The Balaban J connectivity index is 1.59. The number of carbonyl (C=O) groups is 1. The molecule has 1 saturated heterocycles. The highest BCUT2D eigenvalue weighted by atomic mass is 16.4. The molecule has 0 bridgehead atoms. The first-order valence-corrected chi connectivity index (χ1v) is 6.97. The summed E-state index contributed by atoms with van der Waals surface area (Å²) in [5.74, 6) is 0.759. The number of amides is 1. The maximum absolute atomic E-state index is 11.9. The normalized spacial score (nSPS) is 17.4. The Morgan fingerprint density at radius 3 is 2.89 bits per heavy atom. The highest BCUT2D eigenvalue weighted by Gasteiger charge is 2.16. The van der Waals surface area contributed by atoms with Crippen molar-refractivity contribution in [2.24, 2.45) is 0 Å². The van der Waals surface area contributed by atoms with Gasteiger partial charge in [0, 0.05) is 32.6 Å². The van der Waals surface area contributed by atoms with Gasteiger partial charge in [0.2, 0.25) is 5.91 Å². The van der Waals surface area contributed by atoms with Crippen LogP contribution in [0.3, 0.4) is 0 Å². The van der Waals surface area contributed by atoms with E-state index >= 15 is 0 Å². The molecular formula is C14H22N2O3. The molecule has 0 aliphatic carbocycles. The second kappa shape index (κ2) is 7.31. The lowest BCUT2D eigenvalue weighted by Gasteiger charge is -2.26. The van der Waals surface area contributed by atoms with Gasteiger partial charge in [-0.25, -0.2) is 0 Å². The molecular weight excluding hydrogens is 244 g/mol. The molecule has 2 N–H and O–H groups in total. The molecule has 19 heavy (non-hydrogen) atoms. The lowest BCUT2D eigenvalue weighted by Crippen LogP contribution is -2.37. The first-order valence-electron chi connectivity index (χ1n) is 6.97. The van der Waals surface area contributed by atoms with Gasteiger partial charge in [-0.3, -0.25) is 4.79 Å². The second-order valence-corrected chi connectivity index (χ2v) is 4.93. The van der Waals surface area contributed by atoms with E-state index in [1.54, 1.807) is 18.4 Å². The lowest BCUT2D eigenvalue weighted by atomic mass is 10.1. The van der Waals surface area contributed by atoms with Crippen LogP contribution in [-0.2, 0) is 4.79 Å². The maximum Gasteiger partial charge on any atom is 0.223 e. The minimum atomic E-state index is -0.653. The summed E-state index contributed by atoms with van der Waals surface area (Å²) in [5.41, 5.74) is 0. The number of piperidine rings is 1. The van der Waals surface area contributed by atoms with Crippen LogP contribution < -0.4 is 5.32 Å². The van der Waals surface area contributed by atoms with Crippen LogP contribution in [-0.4, -0.2) is 42.1 Å². The van der Waals surface area contributed by atoms with Crippen LogP contribution in [0.5, 0.6) is 0 Å². The van der Waals surface area contributed by atoms with Crippen LogP contribution in [0.15, 0.2) is 22.8 Å². The maximum atomic E-state index is 11.9. The third kappa shape index (κ3) is 4.36. The topological polar surface area (TPSA) is 65.7 Å². The van der Waals surface area contributed by atoms with Crippen molar-refractivity contribution in [3.05, 3.63) is 24.2 Å². The third-order valence-corrected chi connectivity index (χ3v) is 3.43. The third-order valence-electron chi connectivity index (χ3n) is 3.43. The van der Waals surface area contributed by atoms with E-state index in [2.05, 4.69) is 5.32 Å². The minimum absolute atomic E-state index is 0.208. The van der Waals surface area contributed by atoms with Crippen molar-refractivity contribution in [2.45, 2.75) is 31.8 Å². The van der Waals surface area contributed by atoms with Crippen molar-refractivity contribution in [1.82, 2.24) is 10.2 Å². The fraction of sp³-hybridized carbons (Fsp3) is 0.643. The molecule has 1 aromatic heterocycles. The van der Waals surface area contributed by atoms with Gasteiger partial charge in [-0.1, -0.05) is 0 Å². The molecule has 106 valence electrons. The summed E-state index contributed by atoms with van der Waals surface area (Å²) in [5, 5.41) is 12.9. The van der Waals surface area contributed by atoms with Gasteiger partial charge in [-0.2, -0.15) is 0 Å². The average Bonchev–Trinajstić information content (AvgIpc) is 2.98. The number of furan rings is 1. The van der Waals surface area contributed by atoms with E-state index in [9.17, 15) is 9.90 Å². The molecule has 1 aliphatic heterocycles. The van der Waals surface area contributed by atoms with E-state index in [0.29, 0.717) is 25.3 Å². The minimum Gasteiger partial charge on any atom is -0.467 e. The zero-order valence-corrected chi connectivity index (χ0v) is 11.2. The van der Waals surface area contributed by atoms with Gasteiger partial charge in [0.05, 0.1) is 6.26 Å². The van der Waals surface area contributed by atoms with Crippen molar-refractivity contribution >= 4 is 5.91 Å². The summed E-state index contributed by atoms with van der Waals surface area (Å²) in [7, 11) is 0. The molecule has 5 nitrogen and oxygen atoms in total. The summed E-state index contributed by atoms with van der Waals surface area (Å²) in [6.07, 6.45) is 4.85. The van der Waals surface area contributed by atoms with E-state index in [1.807, 2.05) is 4.90 Å². The monoisotopic (exact) mass is 266 g/mol. The molecule has 1 atom stereocenters. The fourth-order valence-electron chi connectivity index (χ4n) is 2.32. The van der Waals surface area contributed by atoms with Crippen LogP contribution in [0, 0.1) is 0 Å². The van der Waals surface area contributed by atoms with Crippen LogP contribution in [0.2, 0.25) is 0 Å². The SMILES string of the molecule is O=C(CCNCC(O)c1ccco1)N1CCCCC1. The van der Waals surface area contributed by atoms with Crippen molar-refractivity contribution in [1.29, 1.82) is 0 Å². The predicted molar refractivity (Wildman–Crippen MR) is 71.6 cm³/mol. The molecule has 1 fully saturated rings. The number of aliphatic hydroxyl groups is 1. The number of rotatable bonds is 6. The number of nitrogens with one attached hydrogen (secondary N) is 1. The van der Waals surface area contributed by atoms with Crippen LogP contribution in [0.25, 0.3) is 0 Å². The van der Waals surface area contributed by atoms with E-state index in [1.165, 1.54) is 6.42 Å². The molecule has 0 spiro atoms. The standard InChI is InChI=1S/C14H22N2O3/c17-12(13-5-4-10-19-13)11-15-7-6-14(18)16-8-2-1-3-9-16/h4-5,10,12,15,17H,1-3,6-9,11H2. The first kappa shape index (κ1) is 14.1. The summed E-state index contributed by atoms with van der Waals surface area (Å²) in [6, 6.07) is 3.49.